The molecule has 1 aromatic carbocycles. The maximum Gasteiger partial charge on any atom is 0.131 e. The van der Waals surface area contributed by atoms with Crippen molar-refractivity contribution in [3.8, 4) is 5.75 Å². The molecule has 2 rings (SSSR count). The number of hydrogen-bond donors (Lipinski definition) is 1. The normalized spacial score (nSPS) is 15.9. The molecule has 1 N–H and O–H groups in total. The Kier molecular flexibility index (Phi) is 5.61. The van der Waals surface area contributed by atoms with E-state index in [0.717, 1.165) is 6.54 Å². The van der Waals surface area contributed by atoms with Crippen LogP contribution in [-0.2, 0) is 11.3 Å². The van der Waals surface area contributed by atoms with E-state index in [1.807, 2.05) is 0 Å². The molecule has 0 amide bonds. The molecule has 19 heavy (non-hydrogen) atoms. The van der Waals surface area contributed by atoms with Gasteiger partial charge in [0.1, 0.15) is 11.6 Å². The molecule has 1 aromatic rings. The third-order valence-electron chi connectivity index (χ3n) is 3.51. The van der Waals surface area contributed by atoms with Crippen molar-refractivity contribution in [2.75, 3.05) is 20.3 Å². The predicted octanol–water partition coefficient (Wildman–Crippen LogP) is 2.88. The van der Waals surface area contributed by atoms with Crippen molar-refractivity contribution in [1.82, 2.24) is 5.32 Å². The highest BCUT2D eigenvalue weighted by Crippen LogP contribution is 2.20. The van der Waals surface area contributed by atoms with E-state index >= 15 is 0 Å². The minimum Gasteiger partial charge on any atom is -0.497 e. The summed E-state index contributed by atoms with van der Waals surface area (Å²) in [5.74, 6) is 0.314. The Morgan fingerprint density at radius 2 is 2.11 bits per heavy atom. The van der Waals surface area contributed by atoms with Crippen LogP contribution >= 0.6 is 0 Å². The van der Waals surface area contributed by atoms with Gasteiger partial charge in [0.15, 0.2) is 0 Å². The number of benzene rings is 1. The zero-order valence-corrected chi connectivity index (χ0v) is 11.5. The minimum absolute atomic E-state index is 0.233. The van der Waals surface area contributed by atoms with Crippen LogP contribution < -0.4 is 10.1 Å². The van der Waals surface area contributed by atoms with Gasteiger partial charge in [-0.15, -0.1) is 0 Å². The Hall–Kier alpha value is -1.13. The number of halogens is 1. The van der Waals surface area contributed by atoms with E-state index in [-0.39, 0.29) is 5.82 Å². The zero-order valence-electron chi connectivity index (χ0n) is 11.5. The summed E-state index contributed by atoms with van der Waals surface area (Å²) in [4.78, 5) is 0. The van der Waals surface area contributed by atoms with E-state index in [2.05, 4.69) is 5.32 Å². The fourth-order valence-corrected chi connectivity index (χ4v) is 2.37. The van der Waals surface area contributed by atoms with Crippen LogP contribution in [0.4, 0.5) is 4.39 Å². The Morgan fingerprint density at radius 3 is 2.79 bits per heavy atom. The van der Waals surface area contributed by atoms with E-state index in [9.17, 15) is 4.39 Å². The van der Waals surface area contributed by atoms with Gasteiger partial charge in [-0.25, -0.2) is 4.39 Å². The lowest BCUT2D eigenvalue weighted by Crippen LogP contribution is -2.22. The standard InChI is InChI=1S/C15H22FNO2/c1-18-14-7-6-12(15(16)10-14)11-17-8-9-19-13-4-2-3-5-13/h6-7,10,13,17H,2-5,8-9,11H2,1H3. The van der Waals surface area contributed by atoms with Crippen molar-refractivity contribution in [1.29, 1.82) is 0 Å². The van der Waals surface area contributed by atoms with Gasteiger partial charge < -0.3 is 14.8 Å². The van der Waals surface area contributed by atoms with Gasteiger partial charge in [-0.3, -0.25) is 0 Å². The molecule has 0 radical (unpaired) electrons. The maximum absolute atomic E-state index is 13.6. The second kappa shape index (κ2) is 7.46. The number of nitrogens with one attached hydrogen (secondary N) is 1. The van der Waals surface area contributed by atoms with Crippen LogP contribution in [0.15, 0.2) is 18.2 Å². The molecule has 0 atom stereocenters. The number of rotatable bonds is 7. The third kappa shape index (κ3) is 4.48. The summed E-state index contributed by atoms with van der Waals surface area (Å²) in [7, 11) is 1.53. The van der Waals surface area contributed by atoms with E-state index < -0.39 is 0 Å². The van der Waals surface area contributed by atoms with Crippen molar-refractivity contribution in [2.24, 2.45) is 0 Å². The van der Waals surface area contributed by atoms with Crippen LogP contribution in [0.1, 0.15) is 31.2 Å². The average Bonchev–Trinajstić information content (AvgIpc) is 2.93. The first kappa shape index (κ1) is 14.3. The molecular weight excluding hydrogens is 245 g/mol. The van der Waals surface area contributed by atoms with E-state index in [1.165, 1.54) is 38.9 Å². The van der Waals surface area contributed by atoms with Crippen LogP contribution in [0.25, 0.3) is 0 Å². The Balaban J connectivity index is 1.64. The number of methoxy groups -OCH3 is 1. The molecule has 1 aliphatic rings. The molecule has 0 saturated heterocycles. The fraction of sp³-hybridized carbons (Fsp3) is 0.600. The Morgan fingerprint density at radius 1 is 1.32 bits per heavy atom. The quantitative estimate of drug-likeness (QED) is 0.771. The summed E-state index contributed by atoms with van der Waals surface area (Å²) in [5.41, 5.74) is 0.654. The first-order valence-corrected chi connectivity index (χ1v) is 6.94. The van der Waals surface area contributed by atoms with Crippen LogP contribution in [0, 0.1) is 5.82 Å². The topological polar surface area (TPSA) is 30.5 Å². The summed E-state index contributed by atoms with van der Waals surface area (Å²) in [5, 5.41) is 3.20. The molecule has 1 fully saturated rings. The highest BCUT2D eigenvalue weighted by molar-refractivity contribution is 5.28. The first-order chi connectivity index (χ1) is 9.29. The lowest BCUT2D eigenvalue weighted by molar-refractivity contribution is 0.0602. The number of hydrogen-bond acceptors (Lipinski definition) is 3. The van der Waals surface area contributed by atoms with Gasteiger partial charge in [0.05, 0.1) is 19.8 Å². The van der Waals surface area contributed by atoms with E-state index in [1.54, 1.807) is 12.1 Å². The van der Waals surface area contributed by atoms with Crippen molar-refractivity contribution in [3.05, 3.63) is 29.6 Å². The summed E-state index contributed by atoms with van der Waals surface area (Å²) < 4.78 is 24.3. The van der Waals surface area contributed by atoms with Gasteiger partial charge in [-0.1, -0.05) is 18.9 Å². The van der Waals surface area contributed by atoms with Crippen LogP contribution in [0.5, 0.6) is 5.75 Å². The lowest BCUT2D eigenvalue weighted by Gasteiger charge is -2.12. The lowest BCUT2D eigenvalue weighted by atomic mass is 10.2. The van der Waals surface area contributed by atoms with Gasteiger partial charge in [-0.05, 0) is 18.9 Å². The maximum atomic E-state index is 13.6. The second-order valence-corrected chi connectivity index (χ2v) is 4.91. The van der Waals surface area contributed by atoms with Crippen molar-refractivity contribution >= 4 is 0 Å². The minimum atomic E-state index is -0.233. The molecule has 0 unspecified atom stereocenters. The second-order valence-electron chi connectivity index (χ2n) is 4.91. The van der Waals surface area contributed by atoms with E-state index in [4.69, 9.17) is 9.47 Å². The summed E-state index contributed by atoms with van der Waals surface area (Å²) in [6.45, 7) is 1.97. The van der Waals surface area contributed by atoms with Crippen LogP contribution in [0.2, 0.25) is 0 Å². The predicted molar refractivity (Wildman–Crippen MR) is 72.9 cm³/mol. The van der Waals surface area contributed by atoms with Gasteiger partial charge >= 0.3 is 0 Å². The highest BCUT2D eigenvalue weighted by Gasteiger charge is 2.14. The largest absolute Gasteiger partial charge is 0.497 e. The number of ether oxygens (including phenoxy) is 2. The zero-order chi connectivity index (χ0) is 13.5. The molecule has 0 aliphatic heterocycles. The van der Waals surface area contributed by atoms with Crippen molar-refractivity contribution in [2.45, 2.75) is 38.3 Å². The SMILES string of the molecule is COc1ccc(CNCCOC2CCCC2)c(F)c1. The molecule has 0 aromatic heterocycles. The molecular formula is C15H22FNO2. The molecule has 1 aliphatic carbocycles. The van der Waals surface area contributed by atoms with Crippen molar-refractivity contribution < 1.29 is 13.9 Å². The smallest absolute Gasteiger partial charge is 0.131 e. The summed E-state index contributed by atoms with van der Waals surface area (Å²) in [6, 6.07) is 4.93. The molecule has 0 heterocycles. The fourth-order valence-electron chi connectivity index (χ4n) is 2.37. The molecule has 1 saturated carbocycles. The van der Waals surface area contributed by atoms with Gasteiger partial charge in [0.25, 0.3) is 0 Å². The van der Waals surface area contributed by atoms with Crippen molar-refractivity contribution in [3.63, 3.8) is 0 Å². The molecule has 0 bridgehead atoms. The first-order valence-electron chi connectivity index (χ1n) is 6.94. The Bertz CT molecular complexity index is 392. The highest BCUT2D eigenvalue weighted by atomic mass is 19.1. The molecule has 4 heteroatoms. The Labute approximate surface area is 114 Å². The summed E-state index contributed by atoms with van der Waals surface area (Å²) in [6.07, 6.45) is 5.39. The molecule has 0 spiro atoms. The van der Waals surface area contributed by atoms with Gasteiger partial charge in [-0.2, -0.15) is 0 Å². The van der Waals surface area contributed by atoms with Gasteiger partial charge in [0.2, 0.25) is 0 Å². The molecule has 106 valence electrons. The van der Waals surface area contributed by atoms with Gasteiger partial charge in [0, 0.05) is 24.7 Å². The monoisotopic (exact) mass is 267 g/mol. The average molecular weight is 267 g/mol. The third-order valence-corrected chi connectivity index (χ3v) is 3.51. The van der Waals surface area contributed by atoms with Crippen LogP contribution in [0.3, 0.4) is 0 Å². The molecule has 3 nitrogen and oxygen atoms in total. The van der Waals surface area contributed by atoms with E-state index in [0.29, 0.717) is 30.6 Å². The van der Waals surface area contributed by atoms with Crippen LogP contribution in [-0.4, -0.2) is 26.4 Å². The summed E-state index contributed by atoms with van der Waals surface area (Å²) >= 11 is 0.